The Hall–Kier alpha value is -5.39. The molecule has 12 heteroatoms. The highest BCUT2D eigenvalue weighted by Gasteiger charge is 2.32. The van der Waals surface area contributed by atoms with Gasteiger partial charge in [0.2, 0.25) is 23.6 Å². The minimum absolute atomic E-state index is 0.0757. The van der Waals surface area contributed by atoms with Crippen LogP contribution in [0, 0.1) is 19.8 Å². The van der Waals surface area contributed by atoms with E-state index in [0.717, 1.165) is 47.3 Å². The summed E-state index contributed by atoms with van der Waals surface area (Å²) in [6.45, 7) is 10.9. The summed E-state index contributed by atoms with van der Waals surface area (Å²) >= 11 is 0. The maximum absolute atomic E-state index is 14.1. The minimum Gasteiger partial charge on any atom is -0.494 e. The van der Waals surface area contributed by atoms with Crippen molar-refractivity contribution in [2.75, 3.05) is 25.0 Å². The van der Waals surface area contributed by atoms with Crippen LogP contribution in [0.1, 0.15) is 80.7 Å². The lowest BCUT2D eigenvalue weighted by molar-refractivity contribution is -0.138. The lowest BCUT2D eigenvalue weighted by atomic mass is 9.94. The number of nitrogens with zero attached hydrogens (tertiary/aromatic N) is 1. The van der Waals surface area contributed by atoms with Gasteiger partial charge in [-0.3, -0.25) is 24.5 Å². The van der Waals surface area contributed by atoms with Gasteiger partial charge in [-0.05, 0) is 119 Å². The van der Waals surface area contributed by atoms with E-state index in [-0.39, 0.29) is 37.1 Å². The first-order valence-electron chi connectivity index (χ1n) is 19.2. The average molecular weight is 754 g/mol. The zero-order chi connectivity index (χ0) is 39.5. The smallest absolute Gasteiger partial charge is 0.412 e. The molecule has 1 saturated heterocycles. The van der Waals surface area contributed by atoms with Crippen molar-refractivity contribution in [2.45, 2.75) is 104 Å². The zero-order valence-corrected chi connectivity index (χ0v) is 32.7. The molecule has 12 nitrogen and oxygen atoms in total. The molecule has 4 N–H and O–H groups in total. The summed E-state index contributed by atoms with van der Waals surface area (Å²) in [4.78, 5) is 69.4. The van der Waals surface area contributed by atoms with Crippen molar-refractivity contribution in [2.24, 2.45) is 5.92 Å². The summed E-state index contributed by atoms with van der Waals surface area (Å²) in [5.74, 6) is -0.728. The number of hydrogen-bond acceptors (Lipinski definition) is 7. The molecule has 5 amide bonds. The number of anilines is 1. The van der Waals surface area contributed by atoms with Crippen LogP contribution < -0.4 is 26.0 Å². The van der Waals surface area contributed by atoms with Gasteiger partial charge in [0.25, 0.3) is 0 Å². The second kappa shape index (κ2) is 18.8. The summed E-state index contributed by atoms with van der Waals surface area (Å²) in [6, 6.07) is 18.5. The molecule has 294 valence electrons. The summed E-state index contributed by atoms with van der Waals surface area (Å²) < 4.78 is 11.5. The third-order valence-corrected chi connectivity index (χ3v) is 9.96. The molecule has 55 heavy (non-hydrogen) atoms. The molecule has 2 aliphatic heterocycles. The monoisotopic (exact) mass is 753 g/mol. The Bertz CT molecular complexity index is 1840. The topological polar surface area (TPSA) is 155 Å². The van der Waals surface area contributed by atoms with E-state index in [4.69, 9.17) is 9.47 Å². The van der Waals surface area contributed by atoms with Crippen LogP contribution in [0.4, 0.5) is 10.5 Å². The van der Waals surface area contributed by atoms with E-state index in [2.05, 4.69) is 21.3 Å². The first-order chi connectivity index (χ1) is 26.2. The molecule has 3 atom stereocenters. The van der Waals surface area contributed by atoms with E-state index in [1.165, 1.54) is 0 Å². The van der Waals surface area contributed by atoms with E-state index in [1.807, 2.05) is 62.4 Å². The third-order valence-electron chi connectivity index (χ3n) is 9.96. The molecule has 5 rings (SSSR count). The van der Waals surface area contributed by atoms with Gasteiger partial charge in [-0.15, -0.1) is 0 Å². The molecule has 0 aromatic heterocycles. The Morgan fingerprint density at radius 3 is 2.45 bits per heavy atom. The molecule has 2 heterocycles. The van der Waals surface area contributed by atoms with Gasteiger partial charge in [0.15, 0.2) is 0 Å². The predicted molar refractivity (Wildman–Crippen MR) is 210 cm³/mol. The van der Waals surface area contributed by atoms with Crippen LogP contribution in [0.3, 0.4) is 0 Å². The molecule has 4 bridgehead atoms. The summed E-state index contributed by atoms with van der Waals surface area (Å²) in [6.07, 6.45) is 2.46. The molecule has 0 spiro atoms. The maximum atomic E-state index is 14.1. The summed E-state index contributed by atoms with van der Waals surface area (Å²) in [5, 5.41) is 11.4. The van der Waals surface area contributed by atoms with Crippen LogP contribution in [0.15, 0.2) is 66.7 Å². The SMILES string of the molecule is Cc1ccc2cc1CNC(=O)[C@H](CCc1ccccc1)NC(=O)[C@@H](NC(=O)Cc1ccc(NC(=O)OC(C)(C)C)c(C)c1)CC(=O)N1CCCC(CCO2)C1. The first kappa shape index (κ1) is 40.8. The fourth-order valence-electron chi connectivity index (χ4n) is 6.93. The van der Waals surface area contributed by atoms with Gasteiger partial charge in [0, 0.05) is 25.3 Å². The number of nitrogens with one attached hydrogen (secondary N) is 4. The molecule has 0 radical (unpaired) electrons. The highest BCUT2D eigenvalue weighted by molar-refractivity contribution is 5.95. The van der Waals surface area contributed by atoms with Gasteiger partial charge < -0.3 is 30.3 Å². The molecule has 1 unspecified atom stereocenters. The Morgan fingerprint density at radius 1 is 0.927 bits per heavy atom. The number of rotatable bonds is 7. The van der Waals surface area contributed by atoms with Crippen molar-refractivity contribution >= 4 is 35.4 Å². The zero-order valence-electron chi connectivity index (χ0n) is 32.7. The average Bonchev–Trinajstić information content (AvgIpc) is 3.13. The Labute approximate surface area is 324 Å². The fourth-order valence-corrected chi connectivity index (χ4v) is 6.93. The van der Waals surface area contributed by atoms with Crippen molar-refractivity contribution in [1.29, 1.82) is 0 Å². The lowest BCUT2D eigenvalue weighted by Gasteiger charge is -2.34. The van der Waals surface area contributed by atoms with E-state index in [1.54, 1.807) is 43.9 Å². The molecular weight excluding hydrogens is 699 g/mol. The van der Waals surface area contributed by atoms with E-state index in [9.17, 15) is 24.0 Å². The summed E-state index contributed by atoms with van der Waals surface area (Å²) in [7, 11) is 0. The van der Waals surface area contributed by atoms with Gasteiger partial charge in [-0.25, -0.2) is 4.79 Å². The second-order valence-corrected chi connectivity index (χ2v) is 15.7. The van der Waals surface area contributed by atoms with Crippen molar-refractivity contribution in [3.8, 4) is 5.75 Å². The lowest BCUT2D eigenvalue weighted by Crippen LogP contribution is -2.55. The number of piperidine rings is 1. The molecule has 0 saturated carbocycles. The standard InChI is InChI=1S/C43H55N5O7/c1-28-13-16-34-24-33(28)26-44-40(51)36(18-14-30-10-7-6-8-11-30)46-41(52)37(25-39(50)48-20-9-12-31(27-48)19-21-54-34)45-38(49)23-32-15-17-35(29(2)22-32)47-42(53)55-43(3,4)5/h6-8,10-11,13,15-17,22,24,31,36-37H,9,12,14,18-21,23,25-27H2,1-5H3,(H,44,51)(H,45,49)(H,46,52)(H,47,53)/t31?,36-,37-/m0/s1. The molecule has 2 aliphatic rings. The number of carbonyl (C=O) groups excluding carboxylic acids is 5. The Kier molecular flexibility index (Phi) is 13.9. The maximum Gasteiger partial charge on any atom is 0.412 e. The van der Waals surface area contributed by atoms with Gasteiger partial charge >= 0.3 is 6.09 Å². The normalized spacial score (nSPS) is 19.8. The van der Waals surface area contributed by atoms with Gasteiger partial charge in [0.05, 0.1) is 19.4 Å². The number of benzene rings is 3. The predicted octanol–water partition coefficient (Wildman–Crippen LogP) is 5.52. The largest absolute Gasteiger partial charge is 0.494 e. The van der Waals surface area contributed by atoms with Crippen molar-refractivity contribution in [3.05, 3.63) is 94.5 Å². The number of fused-ring (bicyclic) bond motifs is 4. The van der Waals surface area contributed by atoms with E-state index >= 15 is 0 Å². The summed E-state index contributed by atoms with van der Waals surface area (Å²) in [5.41, 5.74) is 4.17. The number of ether oxygens (including phenoxy) is 2. The fraction of sp³-hybridized carbons (Fsp3) is 0.465. The van der Waals surface area contributed by atoms with Crippen LogP contribution in [-0.2, 0) is 43.3 Å². The highest BCUT2D eigenvalue weighted by atomic mass is 16.6. The van der Waals surface area contributed by atoms with Crippen LogP contribution >= 0.6 is 0 Å². The van der Waals surface area contributed by atoms with Crippen LogP contribution in [0.2, 0.25) is 0 Å². The molecule has 3 aromatic carbocycles. The van der Waals surface area contributed by atoms with Crippen LogP contribution in [0.25, 0.3) is 0 Å². The third kappa shape index (κ3) is 12.6. The highest BCUT2D eigenvalue weighted by Crippen LogP contribution is 2.24. The minimum atomic E-state index is -1.22. The van der Waals surface area contributed by atoms with Gasteiger partial charge in [-0.2, -0.15) is 0 Å². The number of amides is 5. The van der Waals surface area contributed by atoms with E-state index in [0.29, 0.717) is 43.8 Å². The second-order valence-electron chi connectivity index (χ2n) is 15.7. The van der Waals surface area contributed by atoms with Crippen molar-refractivity contribution < 1.29 is 33.4 Å². The van der Waals surface area contributed by atoms with Gasteiger partial charge in [0.1, 0.15) is 23.4 Å². The Balaban J connectivity index is 1.36. The molecule has 1 fully saturated rings. The van der Waals surface area contributed by atoms with Crippen LogP contribution in [0.5, 0.6) is 5.75 Å². The van der Waals surface area contributed by atoms with Crippen LogP contribution in [-0.4, -0.2) is 72.0 Å². The first-order valence-corrected chi connectivity index (χ1v) is 19.2. The number of aryl methyl sites for hydroxylation is 3. The van der Waals surface area contributed by atoms with Crippen molar-refractivity contribution in [1.82, 2.24) is 20.9 Å². The molecular formula is C43H55N5O7. The van der Waals surface area contributed by atoms with Gasteiger partial charge in [-0.1, -0.05) is 48.5 Å². The molecule has 3 aromatic rings. The number of hydrogen-bond donors (Lipinski definition) is 4. The number of carbonyl (C=O) groups is 5. The van der Waals surface area contributed by atoms with E-state index < -0.39 is 35.6 Å². The molecule has 0 aliphatic carbocycles. The quantitative estimate of drug-likeness (QED) is 0.248. The van der Waals surface area contributed by atoms with Crippen molar-refractivity contribution in [3.63, 3.8) is 0 Å². The Morgan fingerprint density at radius 2 is 1.71 bits per heavy atom.